The van der Waals surface area contributed by atoms with Crippen molar-refractivity contribution < 1.29 is 14.3 Å². The maximum Gasteiger partial charge on any atom is 0.134 e. The van der Waals surface area contributed by atoms with Crippen LogP contribution >= 0.6 is 0 Å². The van der Waals surface area contributed by atoms with Crippen molar-refractivity contribution in [2.45, 2.75) is 13.0 Å². The van der Waals surface area contributed by atoms with Crippen molar-refractivity contribution in [3.05, 3.63) is 30.0 Å². The maximum atomic E-state index is 8.66. The summed E-state index contributed by atoms with van der Waals surface area (Å²) in [5, 5.41) is 12.9. The van der Waals surface area contributed by atoms with Crippen molar-refractivity contribution in [1.29, 1.82) is 0 Å². The molecular weight excluding hydrogens is 218 g/mol. The quantitative estimate of drug-likeness (QED) is 0.751. The second-order valence-electron chi connectivity index (χ2n) is 3.87. The summed E-state index contributed by atoms with van der Waals surface area (Å²) < 4.78 is 10.8. The van der Waals surface area contributed by atoms with Crippen molar-refractivity contribution in [2.75, 3.05) is 20.3 Å². The molecule has 4 nitrogen and oxygen atoms in total. The van der Waals surface area contributed by atoms with Crippen molar-refractivity contribution >= 4 is 11.0 Å². The lowest BCUT2D eigenvalue weighted by Gasteiger charge is -1.99. The number of hydrogen-bond acceptors (Lipinski definition) is 4. The van der Waals surface area contributed by atoms with E-state index in [0.29, 0.717) is 6.54 Å². The fourth-order valence-corrected chi connectivity index (χ4v) is 1.71. The predicted molar refractivity (Wildman–Crippen MR) is 66.2 cm³/mol. The zero-order valence-corrected chi connectivity index (χ0v) is 9.90. The molecule has 0 aliphatic heterocycles. The summed E-state index contributed by atoms with van der Waals surface area (Å²) in [6.07, 6.45) is 0.758. The van der Waals surface area contributed by atoms with Gasteiger partial charge in [-0.3, -0.25) is 0 Å². The lowest BCUT2D eigenvalue weighted by atomic mass is 10.2. The topological polar surface area (TPSA) is 54.6 Å². The number of rotatable bonds is 6. The van der Waals surface area contributed by atoms with Gasteiger partial charge in [-0.15, -0.1) is 0 Å². The first-order valence-corrected chi connectivity index (χ1v) is 5.71. The number of aliphatic hydroxyl groups excluding tert-OH is 1. The van der Waals surface area contributed by atoms with Crippen LogP contribution in [0.5, 0.6) is 5.75 Å². The highest BCUT2D eigenvalue weighted by Gasteiger charge is 2.04. The number of fused-ring (bicyclic) bond motifs is 1. The van der Waals surface area contributed by atoms with Crippen LogP contribution in [0.3, 0.4) is 0 Å². The molecule has 1 aromatic carbocycles. The highest BCUT2D eigenvalue weighted by molar-refractivity contribution is 5.79. The average molecular weight is 235 g/mol. The second-order valence-corrected chi connectivity index (χ2v) is 3.87. The summed E-state index contributed by atoms with van der Waals surface area (Å²) in [7, 11) is 1.65. The minimum atomic E-state index is 0.213. The first-order chi connectivity index (χ1) is 8.33. The van der Waals surface area contributed by atoms with E-state index in [1.54, 1.807) is 7.11 Å². The van der Waals surface area contributed by atoms with E-state index in [4.69, 9.17) is 14.3 Å². The molecule has 0 aliphatic carbocycles. The molecule has 1 heterocycles. The third-order valence-corrected chi connectivity index (χ3v) is 2.59. The lowest BCUT2D eigenvalue weighted by molar-refractivity contribution is 0.285. The first kappa shape index (κ1) is 12.0. The molecule has 0 saturated heterocycles. The number of furan rings is 1. The van der Waals surface area contributed by atoms with Gasteiger partial charge >= 0.3 is 0 Å². The number of ether oxygens (including phenoxy) is 1. The van der Waals surface area contributed by atoms with Crippen LogP contribution in [0.4, 0.5) is 0 Å². The molecule has 1 aromatic heterocycles. The number of aliphatic hydroxyl groups is 1. The van der Waals surface area contributed by atoms with Crippen molar-refractivity contribution in [2.24, 2.45) is 0 Å². The monoisotopic (exact) mass is 235 g/mol. The molecule has 0 unspecified atom stereocenters. The van der Waals surface area contributed by atoms with Gasteiger partial charge < -0.3 is 19.6 Å². The van der Waals surface area contributed by atoms with Gasteiger partial charge in [0.15, 0.2) is 0 Å². The predicted octanol–water partition coefficient (Wildman–Crippen LogP) is 1.91. The second kappa shape index (κ2) is 5.70. The molecule has 0 atom stereocenters. The van der Waals surface area contributed by atoms with E-state index in [1.807, 2.05) is 24.3 Å². The molecule has 0 fully saturated rings. The molecule has 0 aliphatic rings. The van der Waals surface area contributed by atoms with Crippen LogP contribution in [0.1, 0.15) is 12.2 Å². The van der Waals surface area contributed by atoms with E-state index >= 15 is 0 Å². The Hall–Kier alpha value is -1.52. The SMILES string of the molecule is COc1ccc2oc(CNCCCO)cc2c1. The molecular formula is C13H17NO3. The number of benzene rings is 1. The smallest absolute Gasteiger partial charge is 0.134 e. The van der Waals surface area contributed by atoms with E-state index in [2.05, 4.69) is 5.32 Å². The van der Waals surface area contributed by atoms with E-state index < -0.39 is 0 Å². The van der Waals surface area contributed by atoms with E-state index in [0.717, 1.165) is 35.4 Å². The van der Waals surface area contributed by atoms with Crippen molar-refractivity contribution in [3.63, 3.8) is 0 Å². The molecule has 0 bridgehead atoms. The molecule has 2 aromatic rings. The molecule has 0 radical (unpaired) electrons. The van der Waals surface area contributed by atoms with E-state index in [9.17, 15) is 0 Å². The van der Waals surface area contributed by atoms with Crippen LogP contribution in [0.25, 0.3) is 11.0 Å². The van der Waals surface area contributed by atoms with Gasteiger partial charge in [-0.2, -0.15) is 0 Å². The lowest BCUT2D eigenvalue weighted by Crippen LogP contribution is -2.15. The van der Waals surface area contributed by atoms with Gasteiger partial charge in [0.2, 0.25) is 0 Å². The number of nitrogens with one attached hydrogen (secondary N) is 1. The Kier molecular flexibility index (Phi) is 4.01. The van der Waals surface area contributed by atoms with Crippen LogP contribution in [0, 0.1) is 0 Å². The molecule has 0 saturated carbocycles. The first-order valence-electron chi connectivity index (χ1n) is 5.71. The Balaban J connectivity index is 2.04. The molecule has 2 N–H and O–H groups in total. The third kappa shape index (κ3) is 2.99. The minimum Gasteiger partial charge on any atom is -0.497 e. The van der Waals surface area contributed by atoms with Gasteiger partial charge in [0.05, 0.1) is 13.7 Å². The highest BCUT2D eigenvalue weighted by atomic mass is 16.5. The third-order valence-electron chi connectivity index (χ3n) is 2.59. The fourth-order valence-electron chi connectivity index (χ4n) is 1.71. The summed E-state index contributed by atoms with van der Waals surface area (Å²) in [4.78, 5) is 0. The summed E-state index contributed by atoms with van der Waals surface area (Å²) in [6.45, 7) is 1.68. The zero-order valence-electron chi connectivity index (χ0n) is 9.90. The van der Waals surface area contributed by atoms with Gasteiger partial charge in [-0.25, -0.2) is 0 Å². The standard InChI is InChI=1S/C13H17NO3/c1-16-11-3-4-13-10(7-11)8-12(17-13)9-14-5-2-6-15/h3-4,7-8,14-15H,2,5-6,9H2,1H3. The van der Waals surface area contributed by atoms with Crippen LogP contribution < -0.4 is 10.1 Å². The molecule has 4 heteroatoms. The number of methoxy groups -OCH3 is 1. The summed E-state index contributed by atoms with van der Waals surface area (Å²) >= 11 is 0. The Bertz CT molecular complexity index is 478. The Labute approximate surface area is 100 Å². The zero-order chi connectivity index (χ0) is 12.1. The van der Waals surface area contributed by atoms with E-state index in [1.165, 1.54) is 0 Å². The largest absolute Gasteiger partial charge is 0.497 e. The van der Waals surface area contributed by atoms with Crippen LogP contribution in [0.2, 0.25) is 0 Å². The van der Waals surface area contributed by atoms with Crippen LogP contribution in [-0.4, -0.2) is 25.4 Å². The molecule has 0 amide bonds. The molecule has 17 heavy (non-hydrogen) atoms. The van der Waals surface area contributed by atoms with Gasteiger partial charge in [0, 0.05) is 12.0 Å². The van der Waals surface area contributed by atoms with E-state index in [-0.39, 0.29) is 6.61 Å². The van der Waals surface area contributed by atoms with Gasteiger partial charge in [0.25, 0.3) is 0 Å². The summed E-state index contributed by atoms with van der Waals surface area (Å²) in [5.41, 5.74) is 0.866. The van der Waals surface area contributed by atoms with Crippen molar-refractivity contribution in [3.8, 4) is 5.75 Å². The molecule has 92 valence electrons. The minimum absolute atomic E-state index is 0.213. The highest BCUT2D eigenvalue weighted by Crippen LogP contribution is 2.23. The molecule has 2 rings (SSSR count). The molecule has 0 spiro atoms. The Morgan fingerprint density at radius 1 is 1.35 bits per heavy atom. The normalized spacial score (nSPS) is 10.9. The Morgan fingerprint density at radius 2 is 2.24 bits per heavy atom. The van der Waals surface area contributed by atoms with Crippen LogP contribution in [0.15, 0.2) is 28.7 Å². The van der Waals surface area contributed by atoms with Gasteiger partial charge in [-0.1, -0.05) is 0 Å². The maximum absolute atomic E-state index is 8.66. The van der Waals surface area contributed by atoms with Gasteiger partial charge in [0.1, 0.15) is 17.1 Å². The Morgan fingerprint density at radius 3 is 3.00 bits per heavy atom. The summed E-state index contributed by atoms with van der Waals surface area (Å²) in [6, 6.07) is 7.75. The number of hydrogen-bond donors (Lipinski definition) is 2. The summed E-state index contributed by atoms with van der Waals surface area (Å²) in [5.74, 6) is 1.73. The van der Waals surface area contributed by atoms with Gasteiger partial charge in [-0.05, 0) is 37.2 Å². The fraction of sp³-hybridized carbons (Fsp3) is 0.385. The van der Waals surface area contributed by atoms with Crippen LogP contribution in [-0.2, 0) is 6.54 Å². The average Bonchev–Trinajstić information content (AvgIpc) is 2.76. The van der Waals surface area contributed by atoms with Crippen molar-refractivity contribution in [1.82, 2.24) is 5.32 Å².